The summed E-state index contributed by atoms with van der Waals surface area (Å²) in [6.07, 6.45) is 0. The Morgan fingerprint density at radius 3 is 2.23 bits per heavy atom. The minimum Gasteiger partial charge on any atom is -0.375 e. The first-order valence-electron chi connectivity index (χ1n) is 5.07. The molecule has 1 saturated heterocycles. The van der Waals surface area contributed by atoms with E-state index in [0.717, 1.165) is 6.61 Å². The van der Waals surface area contributed by atoms with Crippen LogP contribution in [0.25, 0.3) is 0 Å². The molecule has 1 aliphatic heterocycles. The lowest BCUT2D eigenvalue weighted by atomic mass is 9.73. The van der Waals surface area contributed by atoms with E-state index in [1.54, 1.807) is 7.11 Å². The fraction of sp³-hybridized carbons (Fsp3) is 1.00. The third kappa shape index (κ3) is 1.31. The first kappa shape index (κ1) is 11.0. The van der Waals surface area contributed by atoms with E-state index in [1.807, 2.05) is 0 Å². The van der Waals surface area contributed by atoms with Crippen molar-refractivity contribution in [3.05, 3.63) is 0 Å². The van der Waals surface area contributed by atoms with Gasteiger partial charge in [-0.25, -0.2) is 0 Å². The Bertz CT molecular complexity index is 189. The van der Waals surface area contributed by atoms with Crippen LogP contribution in [0.15, 0.2) is 0 Å². The van der Waals surface area contributed by atoms with Gasteiger partial charge in [-0.15, -0.1) is 0 Å². The first-order valence-corrected chi connectivity index (χ1v) is 5.07. The van der Waals surface area contributed by atoms with Crippen LogP contribution in [-0.2, 0) is 9.47 Å². The Morgan fingerprint density at radius 2 is 1.92 bits per heavy atom. The molecular weight excluding hydrogens is 164 g/mol. The predicted octanol–water partition coefficient (Wildman–Crippen LogP) is 2.47. The molecule has 0 N–H and O–H groups in total. The molecule has 78 valence electrons. The molecule has 1 heterocycles. The zero-order valence-electron chi connectivity index (χ0n) is 9.68. The van der Waals surface area contributed by atoms with Crippen molar-refractivity contribution < 1.29 is 9.47 Å². The molecule has 0 aromatic heterocycles. The summed E-state index contributed by atoms with van der Waals surface area (Å²) in [7, 11) is 1.78. The van der Waals surface area contributed by atoms with Crippen molar-refractivity contribution in [3.8, 4) is 0 Å². The zero-order chi connectivity index (χ0) is 10.3. The highest BCUT2D eigenvalue weighted by molar-refractivity contribution is 5.05. The monoisotopic (exact) mass is 186 g/mol. The number of hydrogen-bond acceptors (Lipinski definition) is 2. The summed E-state index contributed by atoms with van der Waals surface area (Å²) in [6.45, 7) is 11.7. The van der Waals surface area contributed by atoms with Gasteiger partial charge in [0.25, 0.3) is 0 Å². The topological polar surface area (TPSA) is 18.5 Å². The first-order chi connectivity index (χ1) is 5.88. The van der Waals surface area contributed by atoms with Gasteiger partial charge in [-0.2, -0.15) is 0 Å². The Labute approximate surface area is 81.6 Å². The lowest BCUT2D eigenvalue weighted by Gasteiger charge is -2.43. The minimum absolute atomic E-state index is 0.152. The highest BCUT2D eigenvalue weighted by Gasteiger charge is 2.56. The summed E-state index contributed by atoms with van der Waals surface area (Å²) in [5, 5.41) is 0. The van der Waals surface area contributed by atoms with Gasteiger partial charge in [-0.05, 0) is 19.8 Å². The second-order valence-electron chi connectivity index (χ2n) is 4.78. The molecule has 13 heavy (non-hydrogen) atoms. The molecule has 0 aromatic rings. The van der Waals surface area contributed by atoms with Gasteiger partial charge >= 0.3 is 0 Å². The van der Waals surface area contributed by atoms with Crippen molar-refractivity contribution in [2.24, 2.45) is 11.8 Å². The summed E-state index contributed by atoms with van der Waals surface area (Å²) < 4.78 is 11.6. The van der Waals surface area contributed by atoms with Crippen LogP contribution in [0.4, 0.5) is 0 Å². The predicted molar refractivity (Wildman–Crippen MR) is 53.8 cm³/mol. The van der Waals surface area contributed by atoms with E-state index < -0.39 is 0 Å². The number of ether oxygens (including phenoxy) is 2. The molecular formula is C11H22O2. The summed E-state index contributed by atoms with van der Waals surface area (Å²) in [6, 6.07) is 0. The van der Waals surface area contributed by atoms with E-state index in [0.29, 0.717) is 11.8 Å². The molecule has 0 spiro atoms. The van der Waals surface area contributed by atoms with E-state index in [-0.39, 0.29) is 11.2 Å². The molecule has 2 nitrogen and oxygen atoms in total. The van der Waals surface area contributed by atoms with Crippen molar-refractivity contribution in [2.75, 3.05) is 13.7 Å². The molecule has 0 saturated carbocycles. The SMILES string of the molecule is COC1(C)[C@H](C)COC1(C)C(C)C. The van der Waals surface area contributed by atoms with Gasteiger partial charge in [0, 0.05) is 13.0 Å². The summed E-state index contributed by atoms with van der Waals surface area (Å²) in [5.74, 6) is 0.937. The highest BCUT2D eigenvalue weighted by Crippen LogP contribution is 2.46. The van der Waals surface area contributed by atoms with Crippen LogP contribution in [0, 0.1) is 11.8 Å². The average Bonchev–Trinajstić information content (AvgIpc) is 2.32. The molecule has 0 aliphatic carbocycles. The lowest BCUT2D eigenvalue weighted by molar-refractivity contribution is -0.149. The van der Waals surface area contributed by atoms with Gasteiger partial charge in [-0.3, -0.25) is 0 Å². The second-order valence-corrected chi connectivity index (χ2v) is 4.78. The van der Waals surface area contributed by atoms with Crippen LogP contribution >= 0.6 is 0 Å². The Morgan fingerprint density at radius 1 is 1.38 bits per heavy atom. The smallest absolute Gasteiger partial charge is 0.0986 e. The van der Waals surface area contributed by atoms with Crippen molar-refractivity contribution in [2.45, 2.75) is 45.8 Å². The molecule has 0 bridgehead atoms. The maximum absolute atomic E-state index is 5.90. The third-order valence-corrected chi connectivity index (χ3v) is 4.08. The molecule has 1 aliphatic rings. The Hall–Kier alpha value is -0.0800. The van der Waals surface area contributed by atoms with E-state index in [9.17, 15) is 0 Å². The molecule has 3 atom stereocenters. The minimum atomic E-state index is -0.152. The summed E-state index contributed by atoms with van der Waals surface area (Å²) >= 11 is 0. The van der Waals surface area contributed by atoms with Crippen molar-refractivity contribution in [1.82, 2.24) is 0 Å². The molecule has 2 heteroatoms. The van der Waals surface area contributed by atoms with Crippen molar-refractivity contribution >= 4 is 0 Å². The average molecular weight is 186 g/mol. The van der Waals surface area contributed by atoms with Crippen LogP contribution < -0.4 is 0 Å². The van der Waals surface area contributed by atoms with Crippen LogP contribution in [0.1, 0.15) is 34.6 Å². The fourth-order valence-electron chi connectivity index (χ4n) is 2.23. The van der Waals surface area contributed by atoms with E-state index in [1.165, 1.54) is 0 Å². The van der Waals surface area contributed by atoms with Gasteiger partial charge in [0.15, 0.2) is 0 Å². The molecule has 1 rings (SSSR count). The normalized spacial score (nSPS) is 45.9. The number of hydrogen-bond donors (Lipinski definition) is 0. The molecule has 0 radical (unpaired) electrons. The standard InChI is InChI=1S/C11H22O2/c1-8(2)10(4)11(5,12-6)9(3)7-13-10/h8-9H,7H2,1-6H3/t9-,10?,11?/m1/s1. The second kappa shape index (κ2) is 3.25. The molecule has 0 aromatic carbocycles. The summed E-state index contributed by atoms with van der Waals surface area (Å²) in [5.41, 5.74) is -0.303. The fourth-order valence-corrected chi connectivity index (χ4v) is 2.23. The van der Waals surface area contributed by atoms with Crippen LogP contribution in [0.2, 0.25) is 0 Å². The zero-order valence-corrected chi connectivity index (χ0v) is 9.68. The van der Waals surface area contributed by atoms with Crippen molar-refractivity contribution in [1.29, 1.82) is 0 Å². The Balaban J connectivity index is 2.99. The largest absolute Gasteiger partial charge is 0.375 e. The number of rotatable bonds is 2. The Kier molecular flexibility index (Phi) is 2.75. The summed E-state index contributed by atoms with van der Waals surface area (Å²) in [4.78, 5) is 0. The number of methoxy groups -OCH3 is 1. The molecule has 1 fully saturated rings. The molecule has 0 amide bonds. The lowest BCUT2D eigenvalue weighted by Crippen LogP contribution is -2.54. The van der Waals surface area contributed by atoms with Crippen LogP contribution in [0.5, 0.6) is 0 Å². The maximum Gasteiger partial charge on any atom is 0.0986 e. The van der Waals surface area contributed by atoms with E-state index >= 15 is 0 Å². The van der Waals surface area contributed by atoms with Gasteiger partial charge in [0.05, 0.1) is 17.8 Å². The quantitative estimate of drug-likeness (QED) is 0.659. The van der Waals surface area contributed by atoms with Crippen LogP contribution in [-0.4, -0.2) is 24.9 Å². The molecule has 2 unspecified atom stereocenters. The van der Waals surface area contributed by atoms with E-state index in [2.05, 4.69) is 34.6 Å². The van der Waals surface area contributed by atoms with Crippen LogP contribution in [0.3, 0.4) is 0 Å². The maximum atomic E-state index is 5.90. The van der Waals surface area contributed by atoms with Crippen molar-refractivity contribution in [3.63, 3.8) is 0 Å². The van der Waals surface area contributed by atoms with E-state index in [4.69, 9.17) is 9.47 Å². The highest BCUT2D eigenvalue weighted by atomic mass is 16.6. The van der Waals surface area contributed by atoms with Gasteiger partial charge in [0.2, 0.25) is 0 Å². The van der Waals surface area contributed by atoms with Gasteiger partial charge in [-0.1, -0.05) is 20.8 Å². The van der Waals surface area contributed by atoms with Gasteiger partial charge in [0.1, 0.15) is 0 Å². The van der Waals surface area contributed by atoms with Gasteiger partial charge < -0.3 is 9.47 Å². The third-order valence-electron chi connectivity index (χ3n) is 4.08.